The number of phenols is 1. The van der Waals surface area contributed by atoms with Crippen LogP contribution in [-0.4, -0.2) is 57.2 Å². The molecule has 2 aliphatic heterocycles. The van der Waals surface area contributed by atoms with Crippen molar-refractivity contribution in [3.8, 4) is 11.5 Å². The number of benzene rings is 1. The lowest BCUT2D eigenvalue weighted by Crippen LogP contribution is -2.77. The molecule has 5 atom stereocenters. The van der Waals surface area contributed by atoms with Gasteiger partial charge >= 0.3 is 0 Å². The van der Waals surface area contributed by atoms with Gasteiger partial charge in [0.2, 0.25) is 0 Å². The molecule has 2 heterocycles. The van der Waals surface area contributed by atoms with Crippen LogP contribution >= 0.6 is 0 Å². The Morgan fingerprint density at radius 3 is 2.84 bits per heavy atom. The van der Waals surface area contributed by atoms with Crippen molar-refractivity contribution in [3.05, 3.63) is 23.3 Å². The summed E-state index contributed by atoms with van der Waals surface area (Å²) in [5.41, 5.74) is 0.716. The molecule has 6 rings (SSSR count). The van der Waals surface area contributed by atoms with E-state index in [2.05, 4.69) is 4.90 Å². The number of aliphatic hydroxyl groups excluding tert-OH is 1. The molecular formula is C20H25NO4. The van der Waals surface area contributed by atoms with Gasteiger partial charge in [-0.15, -0.1) is 0 Å². The molecule has 5 aliphatic rings. The van der Waals surface area contributed by atoms with Gasteiger partial charge in [-0.2, -0.15) is 0 Å². The van der Waals surface area contributed by atoms with Crippen LogP contribution in [0.1, 0.15) is 43.2 Å². The molecule has 3 unspecified atom stereocenters. The summed E-state index contributed by atoms with van der Waals surface area (Å²) in [7, 11) is 0. The zero-order chi connectivity index (χ0) is 17.0. The summed E-state index contributed by atoms with van der Waals surface area (Å²) >= 11 is 0. The lowest BCUT2D eigenvalue weighted by molar-refractivity contribution is -0.208. The summed E-state index contributed by atoms with van der Waals surface area (Å²) in [6.45, 7) is 2.02. The molecule has 3 aliphatic carbocycles. The highest BCUT2D eigenvalue weighted by Crippen LogP contribution is 2.65. The Kier molecular flexibility index (Phi) is 2.67. The minimum absolute atomic E-state index is 0.0865. The van der Waals surface area contributed by atoms with Crippen molar-refractivity contribution < 1.29 is 20.1 Å². The number of hydrogen-bond donors (Lipinski definition) is 3. The second-order valence-electron chi connectivity index (χ2n) is 8.90. The van der Waals surface area contributed by atoms with Crippen LogP contribution in [0.15, 0.2) is 12.1 Å². The number of aromatic hydroxyl groups is 1. The summed E-state index contributed by atoms with van der Waals surface area (Å²) in [4.78, 5) is 2.51. The molecule has 0 amide bonds. The summed E-state index contributed by atoms with van der Waals surface area (Å²) < 4.78 is 6.14. The van der Waals surface area contributed by atoms with E-state index in [4.69, 9.17) is 4.74 Å². The van der Waals surface area contributed by atoms with E-state index >= 15 is 0 Å². The van der Waals surface area contributed by atoms with Gasteiger partial charge in [0.1, 0.15) is 6.10 Å². The normalized spacial score (nSPS) is 44.3. The molecule has 1 aromatic carbocycles. The summed E-state index contributed by atoms with van der Waals surface area (Å²) in [6, 6.07) is 3.79. The molecule has 1 saturated heterocycles. The third-order valence-electron chi connectivity index (χ3n) is 7.73. The Morgan fingerprint density at radius 2 is 2.04 bits per heavy atom. The van der Waals surface area contributed by atoms with Gasteiger partial charge in [0.15, 0.2) is 11.5 Å². The highest BCUT2D eigenvalue weighted by Gasteiger charge is 2.72. The van der Waals surface area contributed by atoms with Gasteiger partial charge in [0, 0.05) is 18.2 Å². The number of nitrogens with zero attached hydrogens (tertiary/aromatic N) is 1. The maximum atomic E-state index is 12.0. The predicted octanol–water partition coefficient (Wildman–Crippen LogP) is 1.32. The molecule has 25 heavy (non-hydrogen) atoms. The van der Waals surface area contributed by atoms with Crippen LogP contribution in [0.25, 0.3) is 0 Å². The first kappa shape index (κ1) is 14.8. The number of likely N-dealkylation sites (tertiary alicyclic amines) is 1. The highest BCUT2D eigenvalue weighted by atomic mass is 16.5. The Morgan fingerprint density at radius 1 is 1.20 bits per heavy atom. The van der Waals surface area contributed by atoms with Crippen molar-refractivity contribution in [3.63, 3.8) is 0 Å². The second-order valence-corrected chi connectivity index (χ2v) is 8.90. The van der Waals surface area contributed by atoms with Gasteiger partial charge in [-0.05, 0) is 62.6 Å². The Bertz CT molecular complexity index is 762. The average molecular weight is 343 g/mol. The van der Waals surface area contributed by atoms with Gasteiger partial charge < -0.3 is 20.1 Å². The minimum Gasteiger partial charge on any atom is -0.504 e. The van der Waals surface area contributed by atoms with Gasteiger partial charge in [-0.1, -0.05) is 6.07 Å². The predicted molar refractivity (Wildman–Crippen MR) is 90.8 cm³/mol. The van der Waals surface area contributed by atoms with Gasteiger partial charge in [0.25, 0.3) is 0 Å². The SMILES string of the molecule is Oc1ccc2c3c1OC1[C@H](O)CC[C@]4(O)C(C2)N(CC2CC2)CCC314. The van der Waals surface area contributed by atoms with Crippen molar-refractivity contribution in [1.29, 1.82) is 0 Å². The summed E-state index contributed by atoms with van der Waals surface area (Å²) in [6.07, 6.45) is 4.35. The smallest absolute Gasteiger partial charge is 0.165 e. The molecule has 5 nitrogen and oxygen atoms in total. The van der Waals surface area contributed by atoms with Crippen LogP contribution in [0.4, 0.5) is 0 Å². The Labute approximate surface area is 147 Å². The van der Waals surface area contributed by atoms with Crippen LogP contribution in [-0.2, 0) is 11.8 Å². The number of aliphatic hydroxyl groups is 2. The molecule has 134 valence electrons. The van der Waals surface area contributed by atoms with E-state index in [9.17, 15) is 15.3 Å². The summed E-state index contributed by atoms with van der Waals surface area (Å²) in [5.74, 6) is 1.44. The van der Waals surface area contributed by atoms with Crippen molar-refractivity contribution in [2.45, 2.75) is 67.8 Å². The van der Waals surface area contributed by atoms with Crippen molar-refractivity contribution >= 4 is 0 Å². The largest absolute Gasteiger partial charge is 0.504 e. The quantitative estimate of drug-likeness (QED) is 0.755. The number of hydrogen-bond acceptors (Lipinski definition) is 5. The monoisotopic (exact) mass is 343 g/mol. The van der Waals surface area contributed by atoms with Crippen LogP contribution in [0, 0.1) is 5.92 Å². The van der Waals surface area contributed by atoms with E-state index in [0.29, 0.717) is 18.6 Å². The number of rotatable bonds is 2. The first-order chi connectivity index (χ1) is 12.0. The maximum absolute atomic E-state index is 12.0. The molecule has 3 N–H and O–H groups in total. The lowest BCUT2D eigenvalue weighted by atomic mass is 9.48. The van der Waals surface area contributed by atoms with Gasteiger partial charge in [0.05, 0.1) is 17.1 Å². The molecule has 0 radical (unpaired) electrons. The standard InChI is InChI=1S/C20H25NO4/c22-13-4-3-12-9-15-20(24)6-5-14(23)18-19(20,16(12)17(13)25-18)7-8-21(15)10-11-1-2-11/h3-4,11,14-15,18,22-24H,1-2,5-10H2/t14-,15?,18?,19?,20+/m1/s1. The van der Waals surface area contributed by atoms with Crippen molar-refractivity contribution in [1.82, 2.24) is 4.90 Å². The fraction of sp³-hybridized carbons (Fsp3) is 0.700. The van der Waals surface area contributed by atoms with Crippen LogP contribution in [0.2, 0.25) is 0 Å². The molecule has 0 aromatic heterocycles. The first-order valence-electron chi connectivity index (χ1n) is 9.71. The fourth-order valence-electron chi connectivity index (χ4n) is 6.46. The van der Waals surface area contributed by atoms with E-state index in [-0.39, 0.29) is 11.8 Å². The maximum Gasteiger partial charge on any atom is 0.165 e. The van der Waals surface area contributed by atoms with E-state index in [1.54, 1.807) is 6.07 Å². The molecule has 3 fully saturated rings. The zero-order valence-corrected chi connectivity index (χ0v) is 14.3. The number of phenolic OH excluding ortho intramolecular Hbond substituents is 1. The first-order valence-corrected chi connectivity index (χ1v) is 9.71. The molecular weight excluding hydrogens is 318 g/mol. The highest BCUT2D eigenvalue weighted by molar-refractivity contribution is 5.62. The van der Waals surface area contributed by atoms with Crippen LogP contribution < -0.4 is 4.74 Å². The molecule has 2 bridgehead atoms. The molecule has 5 heteroatoms. The minimum atomic E-state index is -0.879. The molecule has 1 aromatic rings. The van der Waals surface area contributed by atoms with E-state index < -0.39 is 23.2 Å². The third kappa shape index (κ3) is 1.61. The van der Waals surface area contributed by atoms with E-state index in [1.807, 2.05) is 6.07 Å². The average Bonchev–Trinajstić information content (AvgIpc) is 3.32. The Hall–Kier alpha value is -1.30. The van der Waals surface area contributed by atoms with Crippen molar-refractivity contribution in [2.24, 2.45) is 5.92 Å². The zero-order valence-electron chi connectivity index (χ0n) is 14.3. The van der Waals surface area contributed by atoms with Crippen molar-refractivity contribution in [2.75, 3.05) is 13.1 Å². The molecule has 1 spiro atoms. The number of ether oxygens (including phenoxy) is 1. The van der Waals surface area contributed by atoms with E-state index in [1.165, 1.54) is 18.4 Å². The lowest BCUT2D eigenvalue weighted by Gasteiger charge is -2.63. The third-order valence-corrected chi connectivity index (χ3v) is 7.73. The van der Waals surface area contributed by atoms with Gasteiger partial charge in [-0.3, -0.25) is 4.90 Å². The second kappa shape index (κ2) is 4.51. The summed E-state index contributed by atoms with van der Waals surface area (Å²) in [5, 5.41) is 33.1. The Balaban J connectivity index is 1.57. The topological polar surface area (TPSA) is 73.2 Å². The molecule has 2 saturated carbocycles. The fourth-order valence-corrected chi connectivity index (χ4v) is 6.46. The van der Waals surface area contributed by atoms with Crippen LogP contribution in [0.5, 0.6) is 11.5 Å². The van der Waals surface area contributed by atoms with Crippen LogP contribution in [0.3, 0.4) is 0 Å². The number of piperidine rings is 1. The van der Waals surface area contributed by atoms with E-state index in [0.717, 1.165) is 37.4 Å². The van der Waals surface area contributed by atoms with Gasteiger partial charge in [-0.25, -0.2) is 0 Å².